The molecule has 0 bridgehead atoms. The van der Waals surface area contributed by atoms with E-state index in [0.717, 1.165) is 58.3 Å². The predicted molar refractivity (Wildman–Crippen MR) is 138 cm³/mol. The summed E-state index contributed by atoms with van der Waals surface area (Å²) in [7, 11) is 1.89. The molecule has 7 nitrogen and oxygen atoms in total. The Balaban J connectivity index is 0.00000272. The maximum absolute atomic E-state index is 5.59. The number of aryl methyl sites for hydroxylation is 1. The molecule has 0 aliphatic carbocycles. The van der Waals surface area contributed by atoms with Gasteiger partial charge in [0.25, 0.3) is 0 Å². The largest absolute Gasteiger partial charge is 0.379 e. The van der Waals surface area contributed by atoms with Crippen molar-refractivity contribution in [3.8, 4) is 0 Å². The monoisotopic (exact) mass is 558 g/mol. The number of imidazole rings is 1. The number of rotatable bonds is 5. The minimum atomic E-state index is 0. The number of aliphatic imine (C=N–C) groups is 1. The average molecular weight is 559 g/mol. The van der Waals surface area contributed by atoms with Gasteiger partial charge < -0.3 is 19.5 Å². The van der Waals surface area contributed by atoms with E-state index in [4.69, 9.17) is 4.74 Å². The fraction of sp³-hybridized carbons (Fsp3) is 0.636. The molecule has 0 saturated carbocycles. The Morgan fingerprint density at radius 1 is 1.32 bits per heavy atom. The molecular formula is C22H35IN6OS. The fourth-order valence-corrected chi connectivity index (χ4v) is 5.56. The summed E-state index contributed by atoms with van der Waals surface area (Å²) in [4.78, 5) is 16.6. The molecule has 3 atom stereocenters. The van der Waals surface area contributed by atoms with E-state index in [1.165, 1.54) is 9.75 Å². The Morgan fingerprint density at radius 3 is 2.77 bits per heavy atom. The molecule has 0 aromatic carbocycles. The van der Waals surface area contributed by atoms with Crippen molar-refractivity contribution in [1.29, 1.82) is 0 Å². The van der Waals surface area contributed by atoms with Gasteiger partial charge in [-0.1, -0.05) is 6.92 Å². The second-order valence-electron chi connectivity index (χ2n) is 8.33. The van der Waals surface area contributed by atoms with Crippen molar-refractivity contribution in [2.24, 2.45) is 10.9 Å². The molecule has 2 aliphatic rings. The molecule has 0 spiro atoms. The molecule has 3 unspecified atom stereocenters. The molecule has 0 amide bonds. The highest BCUT2D eigenvalue weighted by Gasteiger charge is 2.30. The summed E-state index contributed by atoms with van der Waals surface area (Å²) in [5.41, 5.74) is 0. The van der Waals surface area contributed by atoms with E-state index < -0.39 is 0 Å². The van der Waals surface area contributed by atoms with Gasteiger partial charge in [-0.2, -0.15) is 0 Å². The van der Waals surface area contributed by atoms with Crippen molar-refractivity contribution in [3.05, 3.63) is 40.6 Å². The van der Waals surface area contributed by atoms with E-state index in [0.29, 0.717) is 18.0 Å². The van der Waals surface area contributed by atoms with Crippen molar-refractivity contribution < 1.29 is 4.74 Å². The third kappa shape index (κ3) is 6.00. The van der Waals surface area contributed by atoms with Gasteiger partial charge >= 0.3 is 0 Å². The first-order chi connectivity index (χ1) is 14.7. The molecule has 9 heteroatoms. The quantitative estimate of drug-likeness (QED) is 0.347. The maximum atomic E-state index is 5.59. The van der Waals surface area contributed by atoms with Crippen LogP contribution in [0.15, 0.2) is 35.8 Å². The fourth-order valence-electron chi connectivity index (χ4n) is 4.55. The summed E-state index contributed by atoms with van der Waals surface area (Å²) in [6, 6.07) is 5.28. The third-order valence-electron chi connectivity index (χ3n) is 6.37. The van der Waals surface area contributed by atoms with Crippen molar-refractivity contribution in [1.82, 2.24) is 24.7 Å². The zero-order chi connectivity index (χ0) is 20.9. The normalized spacial score (nSPS) is 24.0. The Labute approximate surface area is 206 Å². The second kappa shape index (κ2) is 11.6. The lowest BCUT2D eigenvalue weighted by Crippen LogP contribution is -2.51. The third-order valence-corrected chi connectivity index (χ3v) is 7.47. The molecule has 2 aromatic rings. The lowest BCUT2D eigenvalue weighted by atomic mass is 9.93. The molecule has 2 aliphatic heterocycles. The van der Waals surface area contributed by atoms with Gasteiger partial charge in [0.2, 0.25) is 0 Å². The number of nitrogens with zero attached hydrogens (tertiary/aromatic N) is 5. The number of likely N-dealkylation sites (tertiary alicyclic amines) is 1. The van der Waals surface area contributed by atoms with Crippen LogP contribution < -0.4 is 5.32 Å². The predicted octanol–water partition coefficient (Wildman–Crippen LogP) is 3.40. The molecular weight excluding hydrogens is 523 g/mol. The molecule has 172 valence electrons. The Kier molecular flexibility index (Phi) is 9.18. The molecule has 2 fully saturated rings. The standard InChI is InChI=1S/C22H34N6OS.HI/c1-17-6-8-27(15-20(17)28-9-7-24-16-28)22(23-3)25-14-19(21-5-4-18(2)30-21)26-10-12-29-13-11-26;/h4-5,7,9,16-17,19-20H,6,8,10-15H2,1-3H3,(H,23,25);1H. The van der Waals surface area contributed by atoms with Gasteiger partial charge in [0.15, 0.2) is 5.96 Å². The highest BCUT2D eigenvalue weighted by atomic mass is 127. The Hall–Kier alpha value is -1.17. The zero-order valence-electron chi connectivity index (χ0n) is 18.7. The van der Waals surface area contributed by atoms with E-state index in [1.54, 1.807) is 0 Å². The number of nitrogens with one attached hydrogen (secondary N) is 1. The van der Waals surface area contributed by atoms with Crippen molar-refractivity contribution >= 4 is 41.3 Å². The minimum Gasteiger partial charge on any atom is -0.379 e. The smallest absolute Gasteiger partial charge is 0.193 e. The van der Waals surface area contributed by atoms with E-state index in [2.05, 4.69) is 61.8 Å². The van der Waals surface area contributed by atoms with Crippen molar-refractivity contribution in [2.75, 3.05) is 53.0 Å². The van der Waals surface area contributed by atoms with Crippen LogP contribution in [-0.4, -0.2) is 78.3 Å². The van der Waals surface area contributed by atoms with Crippen LogP contribution in [-0.2, 0) is 4.74 Å². The van der Waals surface area contributed by atoms with Gasteiger partial charge in [-0.05, 0) is 31.4 Å². The summed E-state index contributed by atoms with van der Waals surface area (Å²) in [6.45, 7) is 10.9. The Morgan fingerprint density at radius 2 is 2.13 bits per heavy atom. The summed E-state index contributed by atoms with van der Waals surface area (Å²) in [5, 5.41) is 3.70. The highest BCUT2D eigenvalue weighted by Crippen LogP contribution is 2.29. The topological polar surface area (TPSA) is 57.9 Å². The summed E-state index contributed by atoms with van der Waals surface area (Å²) in [5.74, 6) is 1.63. The van der Waals surface area contributed by atoms with Gasteiger partial charge in [0.1, 0.15) is 0 Å². The molecule has 0 radical (unpaired) electrons. The lowest BCUT2D eigenvalue weighted by molar-refractivity contribution is 0.0175. The molecule has 4 heterocycles. The SMILES string of the molecule is CN=C(NCC(c1ccc(C)s1)N1CCOCC1)N1CCC(C)C(n2ccnc2)C1.I. The van der Waals surface area contributed by atoms with Crippen LogP contribution in [0.5, 0.6) is 0 Å². The van der Waals surface area contributed by atoms with Crippen LogP contribution in [0, 0.1) is 12.8 Å². The number of halogens is 1. The Bertz CT molecular complexity index is 820. The lowest BCUT2D eigenvalue weighted by Gasteiger charge is -2.40. The summed E-state index contributed by atoms with van der Waals surface area (Å²) in [6.07, 6.45) is 7.04. The highest BCUT2D eigenvalue weighted by molar-refractivity contribution is 14.0. The number of thiophene rings is 1. The number of aromatic nitrogens is 2. The number of morpholine rings is 1. The van der Waals surface area contributed by atoms with Crippen LogP contribution in [0.25, 0.3) is 0 Å². The second-order valence-corrected chi connectivity index (χ2v) is 9.65. The molecule has 2 aromatic heterocycles. The number of piperidine rings is 1. The van der Waals surface area contributed by atoms with Gasteiger partial charge in [-0.25, -0.2) is 4.98 Å². The van der Waals surface area contributed by atoms with Crippen LogP contribution in [0.1, 0.15) is 35.2 Å². The molecule has 2 saturated heterocycles. The number of hydrogen-bond donors (Lipinski definition) is 1. The van der Waals surface area contributed by atoms with Gasteiger partial charge in [-0.3, -0.25) is 9.89 Å². The molecule has 31 heavy (non-hydrogen) atoms. The molecule has 1 N–H and O–H groups in total. The van der Waals surface area contributed by atoms with Crippen LogP contribution in [0.2, 0.25) is 0 Å². The van der Waals surface area contributed by atoms with Gasteiger partial charge in [-0.15, -0.1) is 35.3 Å². The zero-order valence-corrected chi connectivity index (χ0v) is 21.9. The average Bonchev–Trinajstić information content (AvgIpc) is 3.45. The van der Waals surface area contributed by atoms with E-state index in [9.17, 15) is 0 Å². The van der Waals surface area contributed by atoms with Crippen LogP contribution in [0.3, 0.4) is 0 Å². The van der Waals surface area contributed by atoms with E-state index in [-0.39, 0.29) is 24.0 Å². The maximum Gasteiger partial charge on any atom is 0.193 e. The van der Waals surface area contributed by atoms with Crippen LogP contribution >= 0.6 is 35.3 Å². The van der Waals surface area contributed by atoms with Crippen molar-refractivity contribution in [3.63, 3.8) is 0 Å². The van der Waals surface area contributed by atoms with Gasteiger partial charge in [0.05, 0.1) is 31.6 Å². The van der Waals surface area contributed by atoms with E-state index in [1.807, 2.05) is 30.9 Å². The van der Waals surface area contributed by atoms with Crippen LogP contribution in [0.4, 0.5) is 0 Å². The summed E-state index contributed by atoms with van der Waals surface area (Å²) < 4.78 is 7.84. The first-order valence-corrected chi connectivity index (χ1v) is 11.8. The number of ether oxygens (including phenoxy) is 1. The van der Waals surface area contributed by atoms with E-state index >= 15 is 0 Å². The molecule has 4 rings (SSSR count). The number of hydrogen-bond acceptors (Lipinski definition) is 5. The first kappa shape index (κ1) is 24.5. The summed E-state index contributed by atoms with van der Waals surface area (Å²) >= 11 is 1.90. The van der Waals surface area contributed by atoms with Crippen molar-refractivity contribution in [2.45, 2.75) is 32.4 Å². The van der Waals surface area contributed by atoms with Gasteiger partial charge in [0, 0.05) is 61.9 Å². The minimum absolute atomic E-state index is 0. The first-order valence-electron chi connectivity index (χ1n) is 11.0. The number of guanidine groups is 1.